The molecule has 1 aromatic heterocycles. The Morgan fingerprint density at radius 1 is 0.953 bits per heavy atom. The third kappa shape index (κ3) is 5.83. The van der Waals surface area contributed by atoms with Gasteiger partial charge in [-0.25, -0.2) is 4.98 Å². The summed E-state index contributed by atoms with van der Waals surface area (Å²) in [4.78, 5) is 16.8. The third-order valence-corrected chi connectivity index (χ3v) is 13.1. The highest BCUT2D eigenvalue weighted by Crippen LogP contribution is 2.72. The molecule has 7 atom stereocenters. The summed E-state index contributed by atoms with van der Waals surface area (Å²) in [5, 5.41) is 12.3. The van der Waals surface area contributed by atoms with E-state index in [-0.39, 0.29) is 41.8 Å². The van der Waals surface area contributed by atoms with E-state index in [1.807, 2.05) is 24.3 Å². The van der Waals surface area contributed by atoms with Crippen molar-refractivity contribution in [2.24, 2.45) is 34.5 Å². The van der Waals surface area contributed by atoms with E-state index < -0.39 is 35.5 Å². The van der Waals surface area contributed by atoms with Gasteiger partial charge in [-0.3, -0.25) is 4.79 Å². The van der Waals surface area contributed by atoms with Crippen LogP contribution in [0.3, 0.4) is 0 Å². The summed E-state index contributed by atoms with van der Waals surface area (Å²) >= 11 is 1.77. The number of fused-ring (bicyclic) bond motifs is 5. The van der Waals surface area contributed by atoms with Gasteiger partial charge in [0.1, 0.15) is 5.60 Å². The second-order valence-corrected chi connectivity index (χ2v) is 15.3. The van der Waals surface area contributed by atoms with Gasteiger partial charge in [-0.05, 0) is 104 Å². The van der Waals surface area contributed by atoms with Crippen molar-refractivity contribution in [3.8, 4) is 0 Å². The molecule has 0 spiro atoms. The molecule has 1 N–H and O–H groups in total. The maximum Gasteiger partial charge on any atom is 0.456 e. The zero-order valence-electron chi connectivity index (χ0n) is 25.4. The van der Waals surface area contributed by atoms with Crippen LogP contribution >= 0.6 is 11.8 Å². The van der Waals surface area contributed by atoms with Gasteiger partial charge < -0.3 is 5.11 Å². The normalized spacial score (nSPS) is 36.1. The van der Waals surface area contributed by atoms with E-state index in [0.717, 1.165) is 61.3 Å². The summed E-state index contributed by atoms with van der Waals surface area (Å²) < 4.78 is 71.0. The lowest BCUT2D eigenvalue weighted by Gasteiger charge is -2.62. The number of unbranched alkanes of at least 4 members (excludes halogenated alkanes) is 5. The van der Waals surface area contributed by atoms with Crippen molar-refractivity contribution in [3.05, 3.63) is 36.0 Å². The average Bonchev–Trinajstić information content (AvgIpc) is 3.24. The van der Waals surface area contributed by atoms with E-state index in [0.29, 0.717) is 25.7 Å². The standard InChI is InChI=1S/C34H46F5NO2S/c1-30-16-13-25(41)22-24(30)21-23(11-7-5-3-4-6-10-20-43-28-12-8-9-19-40-28)29-26(30)14-17-31(2)27(29)15-18-32(31,42)33(35,36)34(37,38)39/h8-9,12,19,22-23,26-27,29,42H,3-7,10-11,13-18,20-21H2,1-2H3/t23-,26+,27+,29-,30+,31+,32+/m1/s1. The van der Waals surface area contributed by atoms with E-state index in [4.69, 9.17) is 0 Å². The van der Waals surface area contributed by atoms with Crippen molar-refractivity contribution in [3.63, 3.8) is 0 Å². The van der Waals surface area contributed by atoms with E-state index in [1.54, 1.807) is 18.0 Å². The van der Waals surface area contributed by atoms with Crippen LogP contribution < -0.4 is 0 Å². The fourth-order valence-corrected chi connectivity index (χ4v) is 10.5. The molecule has 0 amide bonds. The first-order valence-electron chi connectivity index (χ1n) is 16.2. The van der Waals surface area contributed by atoms with E-state index >= 15 is 8.78 Å². The molecular weight excluding hydrogens is 581 g/mol. The minimum Gasteiger partial charge on any atom is -0.383 e. The molecule has 3 fully saturated rings. The molecule has 4 aliphatic rings. The molecule has 0 aliphatic heterocycles. The van der Waals surface area contributed by atoms with Gasteiger partial charge in [0.15, 0.2) is 5.78 Å². The third-order valence-electron chi connectivity index (χ3n) is 12.0. The molecule has 0 bridgehead atoms. The average molecular weight is 628 g/mol. The lowest BCUT2D eigenvalue weighted by Crippen LogP contribution is -2.66. The number of halogens is 5. The summed E-state index contributed by atoms with van der Waals surface area (Å²) in [6.45, 7) is 3.68. The van der Waals surface area contributed by atoms with Crippen LogP contribution in [0.2, 0.25) is 0 Å². The van der Waals surface area contributed by atoms with E-state index in [9.17, 15) is 23.1 Å². The maximum atomic E-state index is 15.0. The van der Waals surface area contributed by atoms with Gasteiger partial charge in [-0.15, -0.1) is 11.8 Å². The number of ketones is 1. The van der Waals surface area contributed by atoms with Crippen molar-refractivity contribution < 1.29 is 31.9 Å². The molecular formula is C34H46F5NO2S. The number of pyridine rings is 1. The summed E-state index contributed by atoms with van der Waals surface area (Å²) in [6.07, 6.45) is 7.38. The highest BCUT2D eigenvalue weighted by Gasteiger charge is 2.79. The van der Waals surface area contributed by atoms with Crippen LogP contribution in [0, 0.1) is 34.5 Å². The smallest absolute Gasteiger partial charge is 0.383 e. The van der Waals surface area contributed by atoms with Gasteiger partial charge in [-0.1, -0.05) is 57.6 Å². The first kappa shape index (κ1) is 32.9. The van der Waals surface area contributed by atoms with E-state index in [1.165, 1.54) is 6.92 Å². The van der Waals surface area contributed by atoms with Gasteiger partial charge in [0.05, 0.1) is 5.03 Å². The Kier molecular flexibility index (Phi) is 9.47. The first-order chi connectivity index (χ1) is 20.2. The number of thioether (sulfide) groups is 1. The molecule has 1 aromatic rings. The van der Waals surface area contributed by atoms with Crippen molar-refractivity contribution in [2.45, 2.75) is 126 Å². The number of nitrogens with zero attached hydrogens (tertiary/aromatic N) is 1. The quantitative estimate of drug-likeness (QED) is 0.151. The van der Waals surface area contributed by atoms with Crippen LogP contribution in [0.25, 0.3) is 0 Å². The van der Waals surface area contributed by atoms with Crippen molar-refractivity contribution in [1.82, 2.24) is 4.98 Å². The lowest BCUT2D eigenvalue weighted by atomic mass is 9.43. The van der Waals surface area contributed by atoms with Crippen LogP contribution in [-0.2, 0) is 4.79 Å². The second kappa shape index (κ2) is 12.4. The van der Waals surface area contributed by atoms with Gasteiger partial charge in [-0.2, -0.15) is 22.0 Å². The molecule has 3 saturated carbocycles. The Morgan fingerprint density at radius 3 is 2.35 bits per heavy atom. The molecule has 0 radical (unpaired) electrons. The molecule has 240 valence electrons. The Balaban J connectivity index is 1.24. The first-order valence-corrected chi connectivity index (χ1v) is 17.2. The number of hydrogen-bond donors (Lipinski definition) is 1. The Labute approximate surface area is 256 Å². The summed E-state index contributed by atoms with van der Waals surface area (Å²) in [6, 6.07) is 5.92. The predicted molar refractivity (Wildman–Crippen MR) is 159 cm³/mol. The van der Waals surface area contributed by atoms with Crippen molar-refractivity contribution >= 4 is 17.5 Å². The predicted octanol–water partition coefficient (Wildman–Crippen LogP) is 9.59. The molecule has 43 heavy (non-hydrogen) atoms. The number of alkyl halides is 5. The fraction of sp³-hybridized carbons (Fsp3) is 0.765. The van der Waals surface area contributed by atoms with Crippen LogP contribution in [-0.4, -0.2) is 39.3 Å². The molecule has 0 unspecified atom stereocenters. The number of allylic oxidation sites excluding steroid dienone is 1. The number of aliphatic hydroxyl groups is 1. The van der Waals surface area contributed by atoms with Crippen molar-refractivity contribution in [2.75, 3.05) is 5.75 Å². The van der Waals surface area contributed by atoms with Crippen LogP contribution in [0.15, 0.2) is 41.1 Å². The Hall–Kier alpha value is -1.48. The zero-order chi connectivity index (χ0) is 31.1. The monoisotopic (exact) mass is 627 g/mol. The van der Waals surface area contributed by atoms with Gasteiger partial charge >= 0.3 is 12.1 Å². The highest BCUT2D eigenvalue weighted by atomic mass is 32.2. The van der Waals surface area contributed by atoms with Gasteiger partial charge in [0.2, 0.25) is 0 Å². The molecule has 0 aromatic carbocycles. The minimum absolute atomic E-state index is 0.0317. The van der Waals surface area contributed by atoms with Crippen LogP contribution in [0.4, 0.5) is 22.0 Å². The van der Waals surface area contributed by atoms with Crippen molar-refractivity contribution in [1.29, 1.82) is 0 Å². The molecule has 9 heteroatoms. The van der Waals surface area contributed by atoms with Gasteiger partial charge in [0.25, 0.3) is 0 Å². The molecule has 0 saturated heterocycles. The number of carbonyl (C=O) groups excluding carboxylic acids is 1. The Morgan fingerprint density at radius 2 is 1.65 bits per heavy atom. The number of carbonyl (C=O) groups is 1. The number of aromatic nitrogens is 1. The maximum absolute atomic E-state index is 15.0. The van der Waals surface area contributed by atoms with Gasteiger partial charge in [0, 0.05) is 18.0 Å². The summed E-state index contributed by atoms with van der Waals surface area (Å²) in [7, 11) is 0. The Bertz CT molecular complexity index is 1180. The largest absolute Gasteiger partial charge is 0.456 e. The second-order valence-electron chi connectivity index (χ2n) is 14.2. The number of rotatable bonds is 11. The molecule has 1 heterocycles. The summed E-state index contributed by atoms with van der Waals surface area (Å²) in [5.41, 5.74) is -3.71. The highest BCUT2D eigenvalue weighted by molar-refractivity contribution is 7.99. The van der Waals surface area contributed by atoms with E-state index in [2.05, 4.69) is 11.9 Å². The lowest BCUT2D eigenvalue weighted by molar-refractivity contribution is -0.364. The van der Waals surface area contributed by atoms with Crippen LogP contribution in [0.5, 0.6) is 0 Å². The number of hydrogen-bond acceptors (Lipinski definition) is 4. The topological polar surface area (TPSA) is 50.2 Å². The summed E-state index contributed by atoms with van der Waals surface area (Å²) in [5.74, 6) is -4.18. The molecule has 5 rings (SSSR count). The molecule has 4 aliphatic carbocycles. The molecule has 3 nitrogen and oxygen atoms in total. The minimum atomic E-state index is -5.80. The fourth-order valence-electron chi connectivity index (χ4n) is 9.59. The SMILES string of the molecule is C[C@]12CCC(=O)C=C1C[C@@H](CCCCCCCCSc1ccccn1)[C@@H]1[C@@H]2CC[C@@]2(C)[C@H]1CC[C@@]2(O)C(F)(F)C(F)(F)F. The zero-order valence-corrected chi connectivity index (χ0v) is 26.2. The van der Waals surface area contributed by atoms with Crippen LogP contribution in [0.1, 0.15) is 104 Å².